The van der Waals surface area contributed by atoms with Crippen molar-refractivity contribution < 1.29 is 4.79 Å². The van der Waals surface area contributed by atoms with Crippen molar-refractivity contribution in [2.24, 2.45) is 0 Å². The Bertz CT molecular complexity index is 909. The van der Waals surface area contributed by atoms with Gasteiger partial charge in [0.15, 0.2) is 5.65 Å². The minimum Gasteiger partial charge on any atom is -0.347 e. The Balaban J connectivity index is 1.97. The van der Waals surface area contributed by atoms with Crippen LogP contribution >= 0.6 is 11.3 Å². The van der Waals surface area contributed by atoms with Crippen molar-refractivity contribution in [3.63, 3.8) is 0 Å². The van der Waals surface area contributed by atoms with E-state index in [1.165, 1.54) is 0 Å². The quantitative estimate of drug-likeness (QED) is 0.753. The third-order valence-corrected chi connectivity index (χ3v) is 4.92. The molecule has 25 heavy (non-hydrogen) atoms. The maximum Gasteiger partial charge on any atom is 0.252 e. The second-order valence-electron chi connectivity index (χ2n) is 6.70. The predicted octanol–water partition coefficient (Wildman–Crippen LogP) is 3.83. The summed E-state index contributed by atoms with van der Waals surface area (Å²) in [5.41, 5.74) is 2.29. The number of thiazole rings is 1. The average molecular weight is 357 g/mol. The van der Waals surface area contributed by atoms with Gasteiger partial charge in [0.2, 0.25) is 0 Å². The lowest BCUT2D eigenvalue weighted by atomic mass is 10.0. The van der Waals surface area contributed by atoms with E-state index in [4.69, 9.17) is 4.98 Å². The third-order valence-electron chi connectivity index (χ3n) is 4.00. The van der Waals surface area contributed by atoms with Crippen molar-refractivity contribution in [3.05, 3.63) is 39.6 Å². The van der Waals surface area contributed by atoms with Gasteiger partial charge in [-0.25, -0.2) is 14.6 Å². The predicted molar refractivity (Wildman–Crippen MR) is 100 cm³/mol. The Kier molecular flexibility index (Phi) is 4.85. The third kappa shape index (κ3) is 3.56. The SMILES string of the molecule is Cc1ncc(CNC(=O)c2cc(C(C)C)nc3c2cnn3C(C)C)s1. The molecule has 0 saturated heterocycles. The Hall–Kier alpha value is -2.28. The molecular formula is C18H23N5OS. The molecule has 0 radical (unpaired) electrons. The molecule has 0 atom stereocenters. The monoisotopic (exact) mass is 357 g/mol. The summed E-state index contributed by atoms with van der Waals surface area (Å²) in [6.45, 7) is 10.7. The van der Waals surface area contributed by atoms with Crippen LogP contribution in [-0.4, -0.2) is 25.7 Å². The van der Waals surface area contributed by atoms with Gasteiger partial charge < -0.3 is 5.32 Å². The van der Waals surface area contributed by atoms with E-state index in [2.05, 4.69) is 43.1 Å². The van der Waals surface area contributed by atoms with Gasteiger partial charge in [-0.3, -0.25) is 4.79 Å². The number of rotatable bonds is 5. The van der Waals surface area contributed by atoms with Gasteiger partial charge in [-0.05, 0) is 32.8 Å². The fraction of sp³-hybridized carbons (Fsp3) is 0.444. The van der Waals surface area contributed by atoms with Gasteiger partial charge in [0.05, 0.1) is 28.7 Å². The molecule has 3 heterocycles. The first-order valence-corrected chi connectivity index (χ1v) is 9.26. The van der Waals surface area contributed by atoms with Crippen LogP contribution in [0.4, 0.5) is 0 Å². The molecule has 0 aliphatic heterocycles. The molecule has 0 aliphatic rings. The summed E-state index contributed by atoms with van der Waals surface area (Å²) in [6, 6.07) is 2.07. The molecule has 132 valence electrons. The number of carbonyl (C=O) groups is 1. The molecule has 0 saturated carbocycles. The number of nitrogens with one attached hydrogen (secondary N) is 1. The van der Waals surface area contributed by atoms with Crippen LogP contribution in [0.2, 0.25) is 0 Å². The summed E-state index contributed by atoms with van der Waals surface area (Å²) < 4.78 is 1.87. The molecule has 0 spiro atoms. The van der Waals surface area contributed by atoms with Crippen LogP contribution in [0.1, 0.15) is 65.6 Å². The van der Waals surface area contributed by atoms with Crippen molar-refractivity contribution in [1.29, 1.82) is 0 Å². The molecule has 3 rings (SSSR count). The topological polar surface area (TPSA) is 72.7 Å². The minimum absolute atomic E-state index is 0.108. The second-order valence-corrected chi connectivity index (χ2v) is 8.02. The highest BCUT2D eigenvalue weighted by atomic mass is 32.1. The molecule has 0 aromatic carbocycles. The van der Waals surface area contributed by atoms with Crippen LogP contribution < -0.4 is 5.32 Å². The molecule has 0 unspecified atom stereocenters. The van der Waals surface area contributed by atoms with E-state index < -0.39 is 0 Å². The van der Waals surface area contributed by atoms with E-state index in [9.17, 15) is 4.79 Å². The van der Waals surface area contributed by atoms with E-state index in [-0.39, 0.29) is 17.9 Å². The number of carbonyl (C=O) groups excluding carboxylic acids is 1. The normalized spacial score (nSPS) is 11.6. The lowest BCUT2D eigenvalue weighted by Gasteiger charge is -2.12. The highest BCUT2D eigenvalue weighted by Crippen LogP contribution is 2.24. The number of hydrogen-bond donors (Lipinski definition) is 1. The van der Waals surface area contributed by atoms with E-state index >= 15 is 0 Å². The van der Waals surface area contributed by atoms with Gasteiger partial charge in [-0.1, -0.05) is 13.8 Å². The highest BCUT2D eigenvalue weighted by molar-refractivity contribution is 7.11. The summed E-state index contributed by atoms with van der Waals surface area (Å²) in [7, 11) is 0. The largest absolute Gasteiger partial charge is 0.347 e. The van der Waals surface area contributed by atoms with E-state index in [0.29, 0.717) is 12.1 Å². The number of fused-ring (bicyclic) bond motifs is 1. The molecule has 1 amide bonds. The number of amides is 1. The smallest absolute Gasteiger partial charge is 0.252 e. The van der Waals surface area contributed by atoms with Crippen molar-refractivity contribution in [2.75, 3.05) is 0 Å². The first-order chi connectivity index (χ1) is 11.9. The number of pyridine rings is 1. The fourth-order valence-electron chi connectivity index (χ4n) is 2.65. The number of hydrogen-bond acceptors (Lipinski definition) is 5. The maximum atomic E-state index is 12.8. The molecule has 7 heteroatoms. The summed E-state index contributed by atoms with van der Waals surface area (Å²) in [5, 5.41) is 9.20. The van der Waals surface area contributed by atoms with Gasteiger partial charge in [0.25, 0.3) is 5.91 Å². The van der Waals surface area contributed by atoms with Crippen LogP contribution in [0, 0.1) is 6.92 Å². The highest BCUT2D eigenvalue weighted by Gasteiger charge is 2.19. The fourth-order valence-corrected chi connectivity index (χ4v) is 3.38. The van der Waals surface area contributed by atoms with Crippen molar-refractivity contribution in [2.45, 2.75) is 53.1 Å². The molecule has 0 aliphatic carbocycles. The van der Waals surface area contributed by atoms with Gasteiger partial charge >= 0.3 is 0 Å². The van der Waals surface area contributed by atoms with Crippen molar-refractivity contribution in [3.8, 4) is 0 Å². The molecule has 3 aromatic heterocycles. The summed E-state index contributed by atoms with van der Waals surface area (Å²) >= 11 is 1.59. The van der Waals surface area contributed by atoms with Gasteiger partial charge in [-0.2, -0.15) is 5.10 Å². The zero-order valence-corrected chi connectivity index (χ0v) is 16.0. The van der Waals surface area contributed by atoms with Gasteiger partial charge in [-0.15, -0.1) is 11.3 Å². The molecular weight excluding hydrogens is 334 g/mol. The van der Waals surface area contributed by atoms with Gasteiger partial charge in [0, 0.05) is 22.8 Å². The van der Waals surface area contributed by atoms with Crippen molar-refractivity contribution >= 4 is 28.3 Å². The average Bonchev–Trinajstić information content (AvgIpc) is 3.17. The molecule has 0 fully saturated rings. The Morgan fingerprint density at radius 3 is 2.64 bits per heavy atom. The number of nitrogens with zero attached hydrogens (tertiary/aromatic N) is 4. The van der Waals surface area contributed by atoms with Crippen LogP contribution in [0.25, 0.3) is 11.0 Å². The Morgan fingerprint density at radius 1 is 1.28 bits per heavy atom. The number of aromatic nitrogens is 4. The van der Waals surface area contributed by atoms with Crippen LogP contribution in [-0.2, 0) is 6.54 Å². The summed E-state index contributed by atoms with van der Waals surface area (Å²) in [5.74, 6) is 0.124. The molecule has 6 nitrogen and oxygen atoms in total. The minimum atomic E-state index is -0.108. The molecule has 1 N–H and O–H groups in total. The van der Waals surface area contributed by atoms with E-state index in [0.717, 1.165) is 26.6 Å². The number of aryl methyl sites for hydroxylation is 1. The zero-order valence-electron chi connectivity index (χ0n) is 15.2. The Morgan fingerprint density at radius 2 is 2.04 bits per heavy atom. The van der Waals surface area contributed by atoms with Gasteiger partial charge in [0.1, 0.15) is 0 Å². The molecule has 0 bridgehead atoms. The molecule has 3 aromatic rings. The Labute approximate surface area is 151 Å². The maximum absolute atomic E-state index is 12.8. The zero-order chi connectivity index (χ0) is 18.1. The lowest BCUT2D eigenvalue weighted by molar-refractivity contribution is 0.0952. The second kappa shape index (κ2) is 6.92. The lowest BCUT2D eigenvalue weighted by Crippen LogP contribution is -2.23. The standard InChI is InChI=1S/C18H23N5OS/c1-10(2)16-6-14(15-9-21-23(11(3)4)17(15)22-16)18(24)20-8-13-7-19-12(5)25-13/h6-7,9-11H,8H2,1-5H3,(H,20,24). The summed E-state index contributed by atoms with van der Waals surface area (Å²) in [6.07, 6.45) is 3.54. The first-order valence-electron chi connectivity index (χ1n) is 8.44. The van der Waals surface area contributed by atoms with Crippen LogP contribution in [0.3, 0.4) is 0 Å². The van der Waals surface area contributed by atoms with E-state index in [1.54, 1.807) is 23.7 Å². The van der Waals surface area contributed by atoms with Crippen LogP contribution in [0.15, 0.2) is 18.5 Å². The van der Waals surface area contributed by atoms with E-state index in [1.807, 2.05) is 17.7 Å². The van der Waals surface area contributed by atoms with Crippen molar-refractivity contribution in [1.82, 2.24) is 25.1 Å². The first kappa shape index (κ1) is 17.5. The summed E-state index contributed by atoms with van der Waals surface area (Å²) in [4.78, 5) is 22.8. The van der Waals surface area contributed by atoms with Crippen LogP contribution in [0.5, 0.6) is 0 Å².